The molecule has 0 atom stereocenters. The first-order chi connectivity index (χ1) is 16.8. The van der Waals surface area contributed by atoms with Crippen LogP contribution in [0, 0.1) is 5.82 Å². The molecule has 1 heterocycles. The average Bonchev–Trinajstić information content (AvgIpc) is 2.88. The van der Waals surface area contributed by atoms with E-state index in [4.69, 9.17) is 0 Å². The molecule has 1 aliphatic heterocycles. The van der Waals surface area contributed by atoms with Gasteiger partial charge in [0.2, 0.25) is 0 Å². The van der Waals surface area contributed by atoms with Gasteiger partial charge in [-0.15, -0.1) is 0 Å². The Kier molecular flexibility index (Phi) is 7.45. The van der Waals surface area contributed by atoms with Crippen molar-refractivity contribution in [3.05, 3.63) is 95.3 Å². The highest BCUT2D eigenvalue weighted by atomic mass is 32.2. The second-order valence-corrected chi connectivity index (χ2v) is 10.0. The van der Waals surface area contributed by atoms with Gasteiger partial charge in [0.1, 0.15) is 5.82 Å². The van der Waals surface area contributed by atoms with Crippen LogP contribution in [0.4, 0.5) is 10.1 Å². The maximum absolute atomic E-state index is 13.2. The summed E-state index contributed by atoms with van der Waals surface area (Å²) in [5.41, 5.74) is 1.67. The second-order valence-electron chi connectivity index (χ2n) is 8.34. The fraction of sp³-hybridized carbons (Fsp3) is 0.231. The van der Waals surface area contributed by atoms with Gasteiger partial charge < -0.3 is 10.2 Å². The summed E-state index contributed by atoms with van der Waals surface area (Å²) in [7, 11) is -4.01. The number of anilines is 1. The first-order valence-corrected chi connectivity index (χ1v) is 12.9. The fourth-order valence-corrected chi connectivity index (χ4v) is 4.99. The zero-order valence-corrected chi connectivity index (χ0v) is 19.9. The van der Waals surface area contributed by atoms with Crippen molar-refractivity contribution in [1.29, 1.82) is 0 Å². The number of nitrogens with one attached hydrogen (secondary N) is 2. The highest BCUT2D eigenvalue weighted by molar-refractivity contribution is 7.92. The molecule has 0 bridgehead atoms. The van der Waals surface area contributed by atoms with Gasteiger partial charge in [-0.1, -0.05) is 24.3 Å². The van der Waals surface area contributed by atoms with E-state index < -0.39 is 21.7 Å². The highest BCUT2D eigenvalue weighted by Gasteiger charge is 2.20. The van der Waals surface area contributed by atoms with Crippen molar-refractivity contribution in [3.8, 4) is 0 Å². The molecule has 3 aromatic carbocycles. The minimum absolute atomic E-state index is 0.0163. The number of nitrogens with zero attached hydrogens (tertiary/aromatic N) is 1. The molecule has 1 fully saturated rings. The van der Waals surface area contributed by atoms with Gasteiger partial charge in [-0.3, -0.25) is 14.3 Å². The molecule has 1 aliphatic rings. The van der Waals surface area contributed by atoms with Crippen LogP contribution in [-0.2, 0) is 16.6 Å². The molecule has 0 aliphatic carbocycles. The highest BCUT2D eigenvalue weighted by Crippen LogP contribution is 2.21. The molecule has 1 saturated heterocycles. The molecule has 0 radical (unpaired) electrons. The summed E-state index contributed by atoms with van der Waals surface area (Å²) in [4.78, 5) is 27.2. The molecular formula is C26H26FN3O4S. The third kappa shape index (κ3) is 6.05. The van der Waals surface area contributed by atoms with Crippen molar-refractivity contribution in [3.63, 3.8) is 0 Å². The molecule has 2 N–H and O–H groups in total. The first-order valence-electron chi connectivity index (χ1n) is 11.4. The fourth-order valence-electron chi connectivity index (χ4n) is 3.91. The topological polar surface area (TPSA) is 95.6 Å². The molecule has 3 aromatic rings. The number of carbonyl (C=O) groups excluding carboxylic acids is 2. The van der Waals surface area contributed by atoms with E-state index >= 15 is 0 Å². The molecule has 0 spiro atoms. The number of sulfonamides is 1. The number of halogens is 1. The van der Waals surface area contributed by atoms with Gasteiger partial charge in [0, 0.05) is 25.2 Å². The maximum Gasteiger partial charge on any atom is 0.261 e. The van der Waals surface area contributed by atoms with Crippen molar-refractivity contribution in [2.24, 2.45) is 0 Å². The van der Waals surface area contributed by atoms with Crippen LogP contribution < -0.4 is 10.0 Å². The molecule has 0 unspecified atom stereocenters. The third-order valence-corrected chi connectivity index (χ3v) is 7.22. The number of benzene rings is 3. The van der Waals surface area contributed by atoms with Crippen LogP contribution in [0.5, 0.6) is 0 Å². The zero-order valence-electron chi connectivity index (χ0n) is 19.0. The number of piperidine rings is 1. The van der Waals surface area contributed by atoms with Gasteiger partial charge in [0.05, 0.1) is 16.1 Å². The van der Waals surface area contributed by atoms with Crippen molar-refractivity contribution in [2.75, 3.05) is 17.8 Å². The van der Waals surface area contributed by atoms with E-state index in [9.17, 15) is 22.4 Å². The SMILES string of the molecule is O=C(NCc1ccc(C(=O)N2CCCCC2)cc1)c1ccccc1NS(=O)(=O)c1ccc(F)cc1. The Labute approximate surface area is 204 Å². The van der Waals surface area contributed by atoms with Gasteiger partial charge >= 0.3 is 0 Å². The van der Waals surface area contributed by atoms with Gasteiger partial charge in [-0.05, 0) is 73.4 Å². The number of hydrogen-bond acceptors (Lipinski definition) is 4. The van der Waals surface area contributed by atoms with Crippen LogP contribution in [0.1, 0.15) is 45.5 Å². The largest absolute Gasteiger partial charge is 0.348 e. The lowest BCUT2D eigenvalue weighted by Crippen LogP contribution is -2.35. The summed E-state index contributed by atoms with van der Waals surface area (Å²) in [6.07, 6.45) is 3.20. The van der Waals surface area contributed by atoms with Crippen molar-refractivity contribution in [1.82, 2.24) is 10.2 Å². The molecule has 7 nitrogen and oxygen atoms in total. The van der Waals surface area contributed by atoms with Gasteiger partial charge in [-0.25, -0.2) is 12.8 Å². The Balaban J connectivity index is 1.41. The molecule has 0 aromatic heterocycles. The van der Waals surface area contributed by atoms with Gasteiger partial charge in [0.15, 0.2) is 0 Å². The van der Waals surface area contributed by atoms with Crippen LogP contribution >= 0.6 is 0 Å². The monoisotopic (exact) mass is 495 g/mol. The minimum Gasteiger partial charge on any atom is -0.348 e. The molecule has 0 saturated carbocycles. The lowest BCUT2D eigenvalue weighted by atomic mass is 10.1. The number of likely N-dealkylation sites (tertiary alicyclic amines) is 1. The lowest BCUT2D eigenvalue weighted by Gasteiger charge is -2.26. The molecule has 2 amide bonds. The molecular weight excluding hydrogens is 469 g/mol. The summed E-state index contributed by atoms with van der Waals surface area (Å²) in [6.45, 7) is 1.76. The van der Waals surface area contributed by atoms with Crippen LogP contribution in [0.3, 0.4) is 0 Å². The van der Waals surface area contributed by atoms with E-state index in [1.54, 1.807) is 36.4 Å². The Hall–Kier alpha value is -3.72. The second kappa shape index (κ2) is 10.7. The summed E-state index contributed by atoms with van der Waals surface area (Å²) in [6, 6.07) is 17.7. The zero-order chi connectivity index (χ0) is 24.8. The molecule has 182 valence electrons. The number of amides is 2. The van der Waals surface area contributed by atoms with Crippen molar-refractivity contribution >= 4 is 27.5 Å². The third-order valence-electron chi connectivity index (χ3n) is 5.84. The molecule has 35 heavy (non-hydrogen) atoms. The van der Waals surface area contributed by atoms with Gasteiger partial charge in [0.25, 0.3) is 21.8 Å². The number of rotatable bonds is 7. The summed E-state index contributed by atoms with van der Waals surface area (Å²) in [5.74, 6) is -0.994. The van der Waals surface area contributed by atoms with Crippen LogP contribution in [-0.4, -0.2) is 38.2 Å². The van der Waals surface area contributed by atoms with E-state index in [1.807, 2.05) is 4.90 Å². The number of para-hydroxylation sites is 1. The Morgan fingerprint density at radius 2 is 1.51 bits per heavy atom. The van der Waals surface area contributed by atoms with Crippen molar-refractivity contribution in [2.45, 2.75) is 30.7 Å². The normalized spacial score (nSPS) is 13.8. The predicted octanol–water partition coefficient (Wildman–Crippen LogP) is 4.18. The van der Waals surface area contributed by atoms with E-state index in [0.29, 0.717) is 5.56 Å². The Morgan fingerprint density at radius 3 is 2.20 bits per heavy atom. The Bertz CT molecular complexity index is 1300. The van der Waals surface area contributed by atoms with E-state index in [0.717, 1.165) is 62.2 Å². The minimum atomic E-state index is -4.01. The lowest BCUT2D eigenvalue weighted by molar-refractivity contribution is 0.0724. The summed E-state index contributed by atoms with van der Waals surface area (Å²) >= 11 is 0. The average molecular weight is 496 g/mol. The van der Waals surface area contributed by atoms with Crippen LogP contribution in [0.15, 0.2) is 77.7 Å². The first kappa shape index (κ1) is 24.4. The molecule has 4 rings (SSSR count). The number of hydrogen-bond donors (Lipinski definition) is 2. The smallest absolute Gasteiger partial charge is 0.261 e. The summed E-state index contributed by atoms with van der Waals surface area (Å²) < 4.78 is 40.9. The van der Waals surface area contributed by atoms with Crippen LogP contribution in [0.2, 0.25) is 0 Å². The van der Waals surface area contributed by atoms with Gasteiger partial charge in [-0.2, -0.15) is 0 Å². The van der Waals surface area contributed by atoms with E-state index in [1.165, 1.54) is 12.1 Å². The maximum atomic E-state index is 13.2. The molecule has 9 heteroatoms. The summed E-state index contributed by atoms with van der Waals surface area (Å²) in [5, 5.41) is 2.78. The number of carbonyl (C=O) groups is 2. The van der Waals surface area contributed by atoms with E-state index in [-0.39, 0.29) is 28.6 Å². The van der Waals surface area contributed by atoms with E-state index in [2.05, 4.69) is 10.0 Å². The van der Waals surface area contributed by atoms with Crippen molar-refractivity contribution < 1.29 is 22.4 Å². The Morgan fingerprint density at radius 1 is 0.857 bits per heavy atom. The standard InChI is InChI=1S/C26H26FN3O4S/c27-21-12-14-22(15-13-21)35(33,34)29-24-7-3-2-6-23(24)25(31)28-18-19-8-10-20(11-9-19)26(32)30-16-4-1-5-17-30/h2-3,6-15,29H,1,4-5,16-18H2,(H,28,31). The quantitative estimate of drug-likeness (QED) is 0.514. The predicted molar refractivity (Wildman–Crippen MR) is 131 cm³/mol. The van der Waals surface area contributed by atoms with Crippen LogP contribution in [0.25, 0.3) is 0 Å².